The van der Waals surface area contributed by atoms with Crippen LogP contribution in [0, 0.1) is 13.8 Å². The number of aryl methyl sites for hydroxylation is 2. The van der Waals surface area contributed by atoms with Gasteiger partial charge in [0.05, 0.1) is 17.6 Å². The van der Waals surface area contributed by atoms with Crippen molar-refractivity contribution in [1.82, 2.24) is 15.3 Å². The van der Waals surface area contributed by atoms with Crippen LogP contribution in [0.25, 0.3) is 11.0 Å². The molecule has 86 valence electrons. The molecule has 0 aliphatic carbocycles. The zero-order valence-electron chi connectivity index (χ0n) is 10.2. The number of aromatic amines is 1. The Hall–Kier alpha value is -1.35. The maximum atomic E-state index is 4.57. The summed E-state index contributed by atoms with van der Waals surface area (Å²) >= 11 is 0. The van der Waals surface area contributed by atoms with Crippen LogP contribution in [-0.4, -0.2) is 16.5 Å². The molecule has 1 aromatic heterocycles. The molecule has 0 atom stereocenters. The van der Waals surface area contributed by atoms with Crippen LogP contribution in [0.5, 0.6) is 0 Å². The average Bonchev–Trinajstić information content (AvgIpc) is 2.61. The number of nitrogens with one attached hydrogen (secondary N) is 2. The number of hydrogen-bond donors (Lipinski definition) is 2. The molecule has 0 aliphatic rings. The van der Waals surface area contributed by atoms with Gasteiger partial charge in [0, 0.05) is 0 Å². The topological polar surface area (TPSA) is 40.7 Å². The van der Waals surface area contributed by atoms with Gasteiger partial charge in [0.25, 0.3) is 0 Å². The van der Waals surface area contributed by atoms with Crippen molar-refractivity contribution in [1.29, 1.82) is 0 Å². The molecule has 0 fully saturated rings. The fraction of sp³-hybridized carbons (Fsp3) is 0.462. The molecule has 0 saturated heterocycles. The van der Waals surface area contributed by atoms with E-state index in [0.717, 1.165) is 36.4 Å². The second-order valence-corrected chi connectivity index (χ2v) is 4.31. The SMILES string of the molecule is CCCNCc1nc2cc(C)c(C)cc2[nH]1. The number of H-pyrrole nitrogens is 1. The van der Waals surface area contributed by atoms with Gasteiger partial charge in [-0.15, -0.1) is 0 Å². The van der Waals surface area contributed by atoms with E-state index in [1.54, 1.807) is 0 Å². The molecule has 0 bridgehead atoms. The Kier molecular flexibility index (Phi) is 3.25. The van der Waals surface area contributed by atoms with E-state index in [1.165, 1.54) is 11.1 Å². The van der Waals surface area contributed by atoms with Gasteiger partial charge in [-0.3, -0.25) is 0 Å². The summed E-state index contributed by atoms with van der Waals surface area (Å²) in [6, 6.07) is 4.31. The number of imidazole rings is 1. The van der Waals surface area contributed by atoms with Gasteiger partial charge < -0.3 is 10.3 Å². The average molecular weight is 217 g/mol. The lowest BCUT2D eigenvalue weighted by Crippen LogP contribution is -2.14. The fourth-order valence-corrected chi connectivity index (χ4v) is 1.79. The Morgan fingerprint density at radius 3 is 2.75 bits per heavy atom. The highest BCUT2D eigenvalue weighted by Crippen LogP contribution is 2.17. The summed E-state index contributed by atoms with van der Waals surface area (Å²) in [5.41, 5.74) is 4.81. The minimum atomic E-state index is 0.820. The highest BCUT2D eigenvalue weighted by Gasteiger charge is 2.04. The van der Waals surface area contributed by atoms with Crippen molar-refractivity contribution in [3.05, 3.63) is 29.1 Å². The lowest BCUT2D eigenvalue weighted by molar-refractivity contribution is 0.656. The van der Waals surface area contributed by atoms with E-state index in [0.29, 0.717) is 0 Å². The third-order valence-corrected chi connectivity index (χ3v) is 2.87. The molecule has 2 N–H and O–H groups in total. The molecule has 0 spiro atoms. The van der Waals surface area contributed by atoms with Gasteiger partial charge >= 0.3 is 0 Å². The Bertz CT molecular complexity index is 446. The first-order chi connectivity index (χ1) is 7.70. The van der Waals surface area contributed by atoms with Crippen LogP contribution in [0.15, 0.2) is 12.1 Å². The first kappa shape index (κ1) is 11.1. The second kappa shape index (κ2) is 4.66. The number of hydrogen-bond acceptors (Lipinski definition) is 2. The lowest BCUT2D eigenvalue weighted by atomic mass is 10.1. The Balaban J connectivity index is 2.23. The van der Waals surface area contributed by atoms with Crippen LogP contribution in [0.4, 0.5) is 0 Å². The third kappa shape index (κ3) is 2.25. The van der Waals surface area contributed by atoms with Crippen LogP contribution in [0.3, 0.4) is 0 Å². The van der Waals surface area contributed by atoms with Crippen LogP contribution in [0.1, 0.15) is 30.3 Å². The van der Waals surface area contributed by atoms with Gasteiger partial charge in [-0.2, -0.15) is 0 Å². The molecular weight excluding hydrogens is 198 g/mol. The van der Waals surface area contributed by atoms with Crippen LogP contribution in [0.2, 0.25) is 0 Å². The molecule has 0 radical (unpaired) electrons. The smallest absolute Gasteiger partial charge is 0.121 e. The molecule has 0 amide bonds. The zero-order valence-corrected chi connectivity index (χ0v) is 10.2. The van der Waals surface area contributed by atoms with Crippen molar-refractivity contribution in [3.8, 4) is 0 Å². The van der Waals surface area contributed by atoms with Crippen LogP contribution in [-0.2, 0) is 6.54 Å². The maximum absolute atomic E-state index is 4.57. The summed E-state index contributed by atoms with van der Waals surface area (Å²) in [5.74, 6) is 1.02. The maximum Gasteiger partial charge on any atom is 0.121 e. The molecule has 2 rings (SSSR count). The van der Waals surface area contributed by atoms with Crippen molar-refractivity contribution in [2.45, 2.75) is 33.7 Å². The summed E-state index contributed by atoms with van der Waals surface area (Å²) in [6.07, 6.45) is 1.15. The number of benzene rings is 1. The number of fused-ring (bicyclic) bond motifs is 1. The Labute approximate surface area is 96.3 Å². The standard InChI is InChI=1S/C13H19N3/c1-4-5-14-8-13-15-11-6-9(2)10(3)7-12(11)16-13/h6-7,14H,4-5,8H2,1-3H3,(H,15,16). The molecule has 3 nitrogen and oxygen atoms in total. The summed E-state index contributed by atoms with van der Waals surface area (Å²) in [7, 11) is 0. The van der Waals surface area contributed by atoms with E-state index >= 15 is 0 Å². The molecule has 0 aliphatic heterocycles. The normalized spacial score (nSPS) is 11.2. The highest BCUT2D eigenvalue weighted by atomic mass is 15.0. The second-order valence-electron chi connectivity index (χ2n) is 4.31. The minimum Gasteiger partial charge on any atom is -0.341 e. The third-order valence-electron chi connectivity index (χ3n) is 2.87. The van der Waals surface area contributed by atoms with Gasteiger partial charge in [0.2, 0.25) is 0 Å². The van der Waals surface area contributed by atoms with Gasteiger partial charge in [-0.1, -0.05) is 6.92 Å². The number of rotatable bonds is 4. The lowest BCUT2D eigenvalue weighted by Gasteiger charge is -1.97. The molecule has 2 aromatic rings. The van der Waals surface area contributed by atoms with Gasteiger partial charge in [0.15, 0.2) is 0 Å². The number of aromatic nitrogens is 2. The minimum absolute atomic E-state index is 0.820. The van der Waals surface area contributed by atoms with Crippen molar-refractivity contribution in [3.63, 3.8) is 0 Å². The van der Waals surface area contributed by atoms with Crippen LogP contribution >= 0.6 is 0 Å². The molecule has 0 unspecified atom stereocenters. The first-order valence-corrected chi connectivity index (χ1v) is 5.87. The molecule has 0 saturated carbocycles. The van der Waals surface area contributed by atoms with E-state index in [1.807, 2.05) is 0 Å². The van der Waals surface area contributed by atoms with Gasteiger partial charge in [-0.25, -0.2) is 4.98 Å². The van der Waals surface area contributed by atoms with E-state index in [4.69, 9.17) is 0 Å². The molecule has 16 heavy (non-hydrogen) atoms. The van der Waals surface area contributed by atoms with Crippen molar-refractivity contribution in [2.24, 2.45) is 0 Å². The summed E-state index contributed by atoms with van der Waals surface area (Å²) in [4.78, 5) is 7.92. The quantitative estimate of drug-likeness (QED) is 0.773. The summed E-state index contributed by atoms with van der Waals surface area (Å²) in [5, 5.41) is 3.35. The first-order valence-electron chi connectivity index (χ1n) is 5.87. The van der Waals surface area contributed by atoms with Crippen molar-refractivity contribution in [2.75, 3.05) is 6.54 Å². The predicted octanol–water partition coefficient (Wildman–Crippen LogP) is 2.68. The highest BCUT2D eigenvalue weighted by molar-refractivity contribution is 5.77. The van der Waals surface area contributed by atoms with Gasteiger partial charge in [0.1, 0.15) is 5.82 Å². The van der Waals surface area contributed by atoms with Crippen molar-refractivity contribution < 1.29 is 0 Å². The van der Waals surface area contributed by atoms with E-state index in [9.17, 15) is 0 Å². The Morgan fingerprint density at radius 2 is 2.00 bits per heavy atom. The molecular formula is C13H19N3. The zero-order chi connectivity index (χ0) is 11.5. The summed E-state index contributed by atoms with van der Waals surface area (Å²) in [6.45, 7) is 8.27. The number of nitrogens with zero attached hydrogens (tertiary/aromatic N) is 1. The molecule has 3 heteroatoms. The fourth-order valence-electron chi connectivity index (χ4n) is 1.79. The molecule has 1 heterocycles. The predicted molar refractivity (Wildman–Crippen MR) is 67.6 cm³/mol. The summed E-state index contributed by atoms with van der Waals surface area (Å²) < 4.78 is 0. The Morgan fingerprint density at radius 1 is 1.25 bits per heavy atom. The van der Waals surface area contributed by atoms with E-state index in [-0.39, 0.29) is 0 Å². The van der Waals surface area contributed by atoms with E-state index in [2.05, 4.69) is 48.2 Å². The largest absolute Gasteiger partial charge is 0.341 e. The van der Waals surface area contributed by atoms with Gasteiger partial charge in [-0.05, 0) is 50.1 Å². The molecule has 1 aromatic carbocycles. The van der Waals surface area contributed by atoms with Crippen LogP contribution < -0.4 is 5.32 Å². The van der Waals surface area contributed by atoms with Crippen molar-refractivity contribution >= 4 is 11.0 Å². The van der Waals surface area contributed by atoms with E-state index < -0.39 is 0 Å². The monoisotopic (exact) mass is 217 g/mol.